The summed E-state index contributed by atoms with van der Waals surface area (Å²) in [6, 6.07) is 3.00. The molecule has 2 N–H and O–H groups in total. The van der Waals surface area contributed by atoms with Crippen LogP contribution in [0.5, 0.6) is 0 Å². The van der Waals surface area contributed by atoms with E-state index in [4.69, 9.17) is 0 Å². The zero-order chi connectivity index (χ0) is 11.3. The van der Waals surface area contributed by atoms with Crippen molar-refractivity contribution in [3.63, 3.8) is 0 Å². The first kappa shape index (κ1) is 12.0. The van der Waals surface area contributed by atoms with E-state index in [9.17, 15) is 0 Å². The maximum absolute atomic E-state index is 4.14. The van der Waals surface area contributed by atoms with Crippen molar-refractivity contribution in [1.82, 2.24) is 10.3 Å². The molecular weight excluding hydrogens is 186 g/mol. The van der Waals surface area contributed by atoms with Crippen molar-refractivity contribution in [2.24, 2.45) is 0 Å². The zero-order valence-corrected chi connectivity index (χ0v) is 10.0. The van der Waals surface area contributed by atoms with Crippen LogP contribution in [0, 0.1) is 0 Å². The second-order valence-corrected chi connectivity index (χ2v) is 4.37. The van der Waals surface area contributed by atoms with Crippen LogP contribution in [0.3, 0.4) is 0 Å². The Balaban J connectivity index is 2.68. The van der Waals surface area contributed by atoms with Gasteiger partial charge in [0.25, 0.3) is 0 Å². The third-order valence-electron chi connectivity index (χ3n) is 2.06. The number of nitrogens with one attached hydrogen (secondary N) is 2. The van der Waals surface area contributed by atoms with Crippen molar-refractivity contribution in [3.05, 3.63) is 24.0 Å². The Labute approximate surface area is 92.3 Å². The van der Waals surface area contributed by atoms with E-state index >= 15 is 0 Å². The summed E-state index contributed by atoms with van der Waals surface area (Å²) >= 11 is 0. The van der Waals surface area contributed by atoms with Crippen molar-refractivity contribution in [3.8, 4) is 0 Å². The quantitative estimate of drug-likeness (QED) is 0.778. The summed E-state index contributed by atoms with van der Waals surface area (Å²) in [5, 5.41) is 6.80. The van der Waals surface area contributed by atoms with Crippen LogP contribution in [-0.4, -0.2) is 17.1 Å². The first-order chi connectivity index (χ1) is 7.09. The van der Waals surface area contributed by atoms with Gasteiger partial charge in [-0.05, 0) is 25.5 Å². The number of anilines is 1. The minimum absolute atomic E-state index is 0.437. The van der Waals surface area contributed by atoms with Crippen molar-refractivity contribution in [1.29, 1.82) is 0 Å². The molecule has 0 unspecified atom stereocenters. The molecule has 0 aliphatic heterocycles. The lowest BCUT2D eigenvalue weighted by molar-refractivity contribution is 0.589. The Bertz CT molecular complexity index is 295. The van der Waals surface area contributed by atoms with E-state index in [1.165, 1.54) is 5.56 Å². The van der Waals surface area contributed by atoms with Crippen LogP contribution >= 0.6 is 0 Å². The Hall–Kier alpha value is -1.09. The fourth-order valence-corrected chi connectivity index (χ4v) is 1.33. The van der Waals surface area contributed by atoms with Gasteiger partial charge in [-0.1, -0.05) is 13.8 Å². The average molecular weight is 207 g/mol. The highest BCUT2D eigenvalue weighted by Crippen LogP contribution is 2.14. The highest BCUT2D eigenvalue weighted by Gasteiger charge is 2.03. The molecule has 0 saturated heterocycles. The highest BCUT2D eigenvalue weighted by atomic mass is 14.9. The summed E-state index contributed by atoms with van der Waals surface area (Å²) in [5.41, 5.74) is 2.40. The molecule has 1 aromatic rings. The van der Waals surface area contributed by atoms with E-state index in [0.29, 0.717) is 12.1 Å². The van der Waals surface area contributed by atoms with E-state index in [1.807, 2.05) is 12.4 Å². The van der Waals surface area contributed by atoms with Crippen molar-refractivity contribution in [2.75, 3.05) is 5.32 Å². The summed E-state index contributed by atoms with van der Waals surface area (Å²) in [6.45, 7) is 9.45. The monoisotopic (exact) mass is 207 g/mol. The number of hydrogen-bond donors (Lipinski definition) is 2. The van der Waals surface area contributed by atoms with Gasteiger partial charge in [0.15, 0.2) is 0 Å². The molecule has 3 heteroatoms. The number of aromatic nitrogens is 1. The summed E-state index contributed by atoms with van der Waals surface area (Å²) < 4.78 is 0. The van der Waals surface area contributed by atoms with Crippen LogP contribution in [0.15, 0.2) is 18.5 Å². The largest absolute Gasteiger partial charge is 0.381 e. The second-order valence-electron chi connectivity index (χ2n) is 4.37. The van der Waals surface area contributed by atoms with Gasteiger partial charge in [0.05, 0.1) is 11.9 Å². The van der Waals surface area contributed by atoms with E-state index in [0.717, 1.165) is 12.2 Å². The van der Waals surface area contributed by atoms with Gasteiger partial charge < -0.3 is 10.6 Å². The van der Waals surface area contributed by atoms with Crippen LogP contribution < -0.4 is 10.6 Å². The molecular formula is C12H21N3. The van der Waals surface area contributed by atoms with Gasteiger partial charge in [0.1, 0.15) is 0 Å². The SMILES string of the molecule is CC(C)NCc1ccncc1NC(C)C. The van der Waals surface area contributed by atoms with Gasteiger partial charge in [0.2, 0.25) is 0 Å². The maximum atomic E-state index is 4.14. The Kier molecular flexibility index (Phi) is 4.56. The lowest BCUT2D eigenvalue weighted by atomic mass is 10.2. The molecule has 84 valence electrons. The molecule has 0 fully saturated rings. The van der Waals surface area contributed by atoms with Crippen LogP contribution in [0.4, 0.5) is 5.69 Å². The molecule has 0 amide bonds. The molecule has 1 aromatic heterocycles. The van der Waals surface area contributed by atoms with Crippen LogP contribution in [0.1, 0.15) is 33.3 Å². The molecule has 1 heterocycles. The molecule has 0 atom stereocenters. The van der Waals surface area contributed by atoms with Crippen molar-refractivity contribution < 1.29 is 0 Å². The standard InChI is InChI=1S/C12H21N3/c1-9(2)14-7-11-5-6-13-8-12(11)15-10(3)4/h5-6,8-10,14-15H,7H2,1-4H3. The van der Waals surface area contributed by atoms with Gasteiger partial charge in [-0.25, -0.2) is 0 Å². The number of pyridine rings is 1. The van der Waals surface area contributed by atoms with Gasteiger partial charge in [-0.2, -0.15) is 0 Å². The van der Waals surface area contributed by atoms with E-state index < -0.39 is 0 Å². The smallest absolute Gasteiger partial charge is 0.0574 e. The molecule has 0 aliphatic carbocycles. The van der Waals surface area contributed by atoms with Gasteiger partial charge >= 0.3 is 0 Å². The first-order valence-electron chi connectivity index (χ1n) is 5.52. The Morgan fingerprint density at radius 2 is 1.93 bits per heavy atom. The molecule has 0 spiro atoms. The van der Waals surface area contributed by atoms with E-state index in [-0.39, 0.29) is 0 Å². The number of nitrogens with zero attached hydrogens (tertiary/aromatic N) is 1. The maximum Gasteiger partial charge on any atom is 0.0574 e. The summed E-state index contributed by atoms with van der Waals surface area (Å²) in [4.78, 5) is 4.14. The molecule has 15 heavy (non-hydrogen) atoms. The van der Waals surface area contributed by atoms with Crippen LogP contribution in [0.2, 0.25) is 0 Å². The topological polar surface area (TPSA) is 37.0 Å². The lowest BCUT2D eigenvalue weighted by Crippen LogP contribution is -2.23. The fraction of sp³-hybridized carbons (Fsp3) is 0.583. The van der Waals surface area contributed by atoms with Gasteiger partial charge in [-0.15, -0.1) is 0 Å². The minimum atomic E-state index is 0.437. The molecule has 3 nitrogen and oxygen atoms in total. The van der Waals surface area contributed by atoms with Crippen LogP contribution in [-0.2, 0) is 6.54 Å². The van der Waals surface area contributed by atoms with Gasteiger partial charge in [-0.3, -0.25) is 4.98 Å². The Morgan fingerprint density at radius 3 is 2.53 bits per heavy atom. The minimum Gasteiger partial charge on any atom is -0.381 e. The normalized spacial score (nSPS) is 11.1. The molecule has 0 aliphatic rings. The molecule has 0 saturated carbocycles. The Morgan fingerprint density at radius 1 is 1.20 bits per heavy atom. The van der Waals surface area contributed by atoms with Crippen molar-refractivity contribution in [2.45, 2.75) is 46.3 Å². The predicted molar refractivity (Wildman–Crippen MR) is 65.0 cm³/mol. The summed E-state index contributed by atoms with van der Waals surface area (Å²) in [5.74, 6) is 0. The van der Waals surface area contributed by atoms with E-state index in [1.54, 1.807) is 0 Å². The predicted octanol–water partition coefficient (Wildman–Crippen LogP) is 2.40. The molecule has 0 bridgehead atoms. The molecule has 0 radical (unpaired) electrons. The van der Waals surface area contributed by atoms with E-state index in [2.05, 4.69) is 49.4 Å². The number of rotatable bonds is 5. The first-order valence-corrected chi connectivity index (χ1v) is 5.52. The third-order valence-corrected chi connectivity index (χ3v) is 2.06. The molecule has 1 rings (SSSR count). The lowest BCUT2D eigenvalue weighted by Gasteiger charge is -2.15. The third kappa shape index (κ3) is 4.30. The summed E-state index contributed by atoms with van der Waals surface area (Å²) in [6.07, 6.45) is 3.72. The highest BCUT2D eigenvalue weighted by molar-refractivity contribution is 5.49. The van der Waals surface area contributed by atoms with Gasteiger partial charge in [0, 0.05) is 24.8 Å². The average Bonchev–Trinajstić information content (AvgIpc) is 2.15. The van der Waals surface area contributed by atoms with Crippen LogP contribution in [0.25, 0.3) is 0 Å². The zero-order valence-electron chi connectivity index (χ0n) is 10.0. The summed E-state index contributed by atoms with van der Waals surface area (Å²) in [7, 11) is 0. The second kappa shape index (κ2) is 5.71. The fourth-order valence-electron chi connectivity index (χ4n) is 1.33. The van der Waals surface area contributed by atoms with Crippen molar-refractivity contribution >= 4 is 5.69 Å². The molecule has 0 aromatic carbocycles. The number of hydrogen-bond acceptors (Lipinski definition) is 3.